The van der Waals surface area contributed by atoms with E-state index in [1.54, 1.807) is 18.2 Å². The monoisotopic (exact) mass is 247 g/mol. The van der Waals surface area contributed by atoms with Crippen molar-refractivity contribution in [3.05, 3.63) is 33.8 Å². The van der Waals surface area contributed by atoms with Gasteiger partial charge in [-0.3, -0.25) is 4.79 Å². The van der Waals surface area contributed by atoms with E-state index in [1.807, 2.05) is 0 Å². The minimum Gasteiger partial charge on any atom is -0.468 e. The van der Waals surface area contributed by atoms with E-state index in [4.69, 9.17) is 23.2 Å². The number of carbonyl (C=O) groups excluding carboxylic acids is 1. The molecule has 0 aliphatic heterocycles. The van der Waals surface area contributed by atoms with E-state index in [2.05, 4.69) is 10.1 Å². The Bertz CT molecular complexity index is 335. The van der Waals surface area contributed by atoms with Gasteiger partial charge in [-0.05, 0) is 12.1 Å². The van der Waals surface area contributed by atoms with Crippen molar-refractivity contribution >= 4 is 29.2 Å². The van der Waals surface area contributed by atoms with Crippen LogP contribution in [-0.2, 0) is 16.1 Å². The maximum absolute atomic E-state index is 10.8. The highest BCUT2D eigenvalue weighted by Crippen LogP contribution is 2.23. The first-order valence-corrected chi connectivity index (χ1v) is 5.11. The number of halogens is 2. The molecule has 0 spiro atoms. The fraction of sp³-hybridized carbons (Fsp3) is 0.300. The summed E-state index contributed by atoms with van der Waals surface area (Å²) in [5, 5.41) is 4.06. The van der Waals surface area contributed by atoms with Crippen LogP contribution in [-0.4, -0.2) is 19.6 Å². The van der Waals surface area contributed by atoms with Gasteiger partial charge in [0.25, 0.3) is 0 Å². The first kappa shape index (κ1) is 12.3. The van der Waals surface area contributed by atoms with Crippen LogP contribution in [0.1, 0.15) is 5.56 Å². The summed E-state index contributed by atoms with van der Waals surface area (Å²) in [5.74, 6) is -0.321. The molecule has 0 aliphatic carbocycles. The summed E-state index contributed by atoms with van der Waals surface area (Å²) in [6.45, 7) is 0.575. The highest BCUT2D eigenvalue weighted by atomic mass is 35.5. The molecule has 0 fully saturated rings. The maximum atomic E-state index is 10.8. The van der Waals surface area contributed by atoms with Crippen molar-refractivity contribution in [2.45, 2.75) is 6.54 Å². The van der Waals surface area contributed by atoms with Crippen LogP contribution in [0.3, 0.4) is 0 Å². The highest BCUT2D eigenvalue weighted by molar-refractivity contribution is 6.35. The average molecular weight is 248 g/mol. The van der Waals surface area contributed by atoms with Crippen molar-refractivity contribution in [2.24, 2.45) is 0 Å². The zero-order valence-electron chi connectivity index (χ0n) is 8.22. The van der Waals surface area contributed by atoms with Gasteiger partial charge in [0.15, 0.2) is 0 Å². The lowest BCUT2D eigenvalue weighted by atomic mass is 10.2. The van der Waals surface area contributed by atoms with Gasteiger partial charge in [-0.15, -0.1) is 0 Å². The molecule has 0 heterocycles. The van der Waals surface area contributed by atoms with Crippen LogP contribution in [0.25, 0.3) is 0 Å². The summed E-state index contributed by atoms with van der Waals surface area (Å²) >= 11 is 11.9. The fourth-order valence-corrected chi connectivity index (χ4v) is 1.59. The highest BCUT2D eigenvalue weighted by Gasteiger charge is 2.05. The molecule has 3 nitrogen and oxygen atoms in total. The molecule has 0 atom stereocenters. The van der Waals surface area contributed by atoms with Crippen LogP contribution in [0.5, 0.6) is 0 Å². The third-order valence-corrected chi connectivity index (χ3v) is 2.57. The minimum atomic E-state index is -0.321. The van der Waals surface area contributed by atoms with Gasteiger partial charge in [0.05, 0.1) is 13.7 Å². The molecule has 15 heavy (non-hydrogen) atoms. The van der Waals surface area contributed by atoms with Crippen LogP contribution in [0, 0.1) is 0 Å². The zero-order chi connectivity index (χ0) is 11.3. The number of hydrogen-bond donors (Lipinski definition) is 1. The number of methoxy groups -OCH3 is 1. The molecule has 0 unspecified atom stereocenters. The van der Waals surface area contributed by atoms with E-state index in [9.17, 15) is 4.79 Å². The maximum Gasteiger partial charge on any atom is 0.319 e. The van der Waals surface area contributed by atoms with E-state index in [-0.39, 0.29) is 12.5 Å². The van der Waals surface area contributed by atoms with Crippen LogP contribution in [0.2, 0.25) is 10.0 Å². The van der Waals surface area contributed by atoms with Gasteiger partial charge in [0.2, 0.25) is 0 Å². The second-order valence-electron chi connectivity index (χ2n) is 2.88. The minimum absolute atomic E-state index is 0.137. The van der Waals surface area contributed by atoms with Gasteiger partial charge in [0.1, 0.15) is 0 Å². The smallest absolute Gasteiger partial charge is 0.319 e. The quantitative estimate of drug-likeness (QED) is 0.830. The normalized spacial score (nSPS) is 10.1. The number of nitrogens with one attached hydrogen (secondary N) is 1. The number of carbonyl (C=O) groups is 1. The van der Waals surface area contributed by atoms with E-state index >= 15 is 0 Å². The lowest BCUT2D eigenvalue weighted by Gasteiger charge is -2.07. The molecular formula is C10H11Cl2NO2. The third-order valence-electron chi connectivity index (χ3n) is 1.86. The zero-order valence-corrected chi connectivity index (χ0v) is 9.73. The largest absolute Gasteiger partial charge is 0.468 e. The Morgan fingerprint density at radius 2 is 2.00 bits per heavy atom. The summed E-state index contributed by atoms with van der Waals surface area (Å²) < 4.78 is 4.48. The van der Waals surface area contributed by atoms with E-state index < -0.39 is 0 Å². The molecule has 5 heteroatoms. The summed E-state index contributed by atoms with van der Waals surface area (Å²) in [5.41, 5.74) is 0.782. The van der Waals surface area contributed by atoms with Crippen molar-refractivity contribution in [1.29, 1.82) is 0 Å². The number of hydrogen-bond acceptors (Lipinski definition) is 3. The van der Waals surface area contributed by atoms with Crippen molar-refractivity contribution in [3.8, 4) is 0 Å². The second-order valence-corrected chi connectivity index (χ2v) is 3.69. The van der Waals surface area contributed by atoms with Crippen molar-refractivity contribution < 1.29 is 9.53 Å². The predicted molar refractivity (Wildman–Crippen MR) is 60.2 cm³/mol. The Kier molecular flexibility index (Phi) is 4.88. The van der Waals surface area contributed by atoms with Gasteiger partial charge in [-0.25, -0.2) is 0 Å². The molecule has 0 aromatic heterocycles. The SMILES string of the molecule is COC(=O)CNCc1c(Cl)cccc1Cl. The summed E-state index contributed by atoms with van der Waals surface area (Å²) in [7, 11) is 1.34. The number of ether oxygens (including phenoxy) is 1. The van der Waals surface area contributed by atoms with Gasteiger partial charge < -0.3 is 10.1 Å². The topological polar surface area (TPSA) is 38.3 Å². The molecule has 0 radical (unpaired) electrons. The van der Waals surface area contributed by atoms with Gasteiger partial charge in [-0.1, -0.05) is 29.3 Å². The molecule has 0 saturated heterocycles. The molecule has 0 bridgehead atoms. The predicted octanol–water partition coefficient (Wildman–Crippen LogP) is 2.26. The van der Waals surface area contributed by atoms with Crippen molar-refractivity contribution in [2.75, 3.05) is 13.7 Å². The molecule has 82 valence electrons. The molecule has 1 aromatic carbocycles. The molecular weight excluding hydrogens is 237 g/mol. The first-order valence-electron chi connectivity index (χ1n) is 4.35. The molecule has 1 rings (SSSR count). The third kappa shape index (κ3) is 3.70. The number of rotatable bonds is 4. The van der Waals surface area contributed by atoms with Crippen LogP contribution in [0.4, 0.5) is 0 Å². The van der Waals surface area contributed by atoms with E-state index in [0.717, 1.165) is 5.56 Å². The van der Waals surface area contributed by atoms with Crippen molar-refractivity contribution in [3.63, 3.8) is 0 Å². The van der Waals surface area contributed by atoms with Crippen LogP contribution < -0.4 is 5.32 Å². The standard InChI is InChI=1S/C10H11Cl2NO2/c1-15-10(14)6-13-5-7-8(11)3-2-4-9(7)12/h2-4,13H,5-6H2,1H3. The summed E-state index contributed by atoms with van der Waals surface area (Å²) in [6.07, 6.45) is 0. The molecule has 1 aromatic rings. The van der Waals surface area contributed by atoms with Gasteiger partial charge in [-0.2, -0.15) is 0 Å². The van der Waals surface area contributed by atoms with Crippen LogP contribution in [0.15, 0.2) is 18.2 Å². The lowest BCUT2D eigenvalue weighted by molar-refractivity contribution is -0.139. The Morgan fingerprint density at radius 1 is 1.40 bits per heavy atom. The van der Waals surface area contributed by atoms with Gasteiger partial charge in [0, 0.05) is 22.2 Å². The Morgan fingerprint density at radius 3 is 2.53 bits per heavy atom. The average Bonchev–Trinajstić information content (AvgIpc) is 2.22. The van der Waals surface area contributed by atoms with Gasteiger partial charge >= 0.3 is 5.97 Å². The molecule has 0 saturated carbocycles. The van der Waals surface area contributed by atoms with E-state index in [1.165, 1.54) is 7.11 Å². The molecule has 0 amide bonds. The fourth-order valence-electron chi connectivity index (χ4n) is 1.06. The van der Waals surface area contributed by atoms with Crippen molar-refractivity contribution in [1.82, 2.24) is 5.32 Å². The number of esters is 1. The van der Waals surface area contributed by atoms with Crippen LogP contribution >= 0.6 is 23.2 Å². The van der Waals surface area contributed by atoms with E-state index in [0.29, 0.717) is 16.6 Å². The molecule has 0 aliphatic rings. The summed E-state index contributed by atoms with van der Waals surface area (Å²) in [6, 6.07) is 5.28. The first-order chi connectivity index (χ1) is 7.15. The summed E-state index contributed by atoms with van der Waals surface area (Å²) in [4.78, 5) is 10.8. The molecule has 1 N–H and O–H groups in total. The Balaban J connectivity index is 2.54. The lowest BCUT2D eigenvalue weighted by Crippen LogP contribution is -2.23. The Labute approximate surface area is 98.3 Å². The number of benzene rings is 1. The second kappa shape index (κ2) is 5.95. The Hall–Kier alpha value is -0.770.